The predicted octanol–water partition coefficient (Wildman–Crippen LogP) is 4.15. The number of phenols is 1. The Balaban J connectivity index is 2.03. The Kier molecular flexibility index (Phi) is 3.42. The van der Waals surface area contributed by atoms with Crippen LogP contribution in [0.3, 0.4) is 0 Å². The van der Waals surface area contributed by atoms with Gasteiger partial charge < -0.3 is 9.63 Å². The normalized spacial score (nSPS) is 10.8. The second kappa shape index (κ2) is 5.25. The molecule has 3 rings (SSSR count). The fraction of sp³-hybridized carbons (Fsp3) is 0. The summed E-state index contributed by atoms with van der Waals surface area (Å²) < 4.78 is 31.7. The van der Waals surface area contributed by atoms with Gasteiger partial charge in [0.1, 0.15) is 17.4 Å². The van der Waals surface area contributed by atoms with E-state index in [0.717, 1.165) is 12.1 Å². The maximum absolute atomic E-state index is 13.2. The summed E-state index contributed by atoms with van der Waals surface area (Å²) in [5, 5.41) is 13.4. The Hall–Kier alpha value is -2.28. The average Bonchev–Trinajstić information content (AvgIpc) is 2.94. The largest absolute Gasteiger partial charge is 0.507 e. The van der Waals surface area contributed by atoms with Gasteiger partial charge in [0.05, 0.1) is 10.0 Å². The van der Waals surface area contributed by atoms with E-state index in [0.29, 0.717) is 5.56 Å². The standard InChI is InChI=1S/C14H7BrF2N2O2/c15-10-5-7(1-3-11(10)17)13-18-14(21-19-13)9-6-8(16)2-4-12(9)20/h1-6,20H. The molecule has 1 heterocycles. The maximum Gasteiger partial charge on any atom is 0.262 e. The lowest BCUT2D eigenvalue weighted by Crippen LogP contribution is -1.85. The highest BCUT2D eigenvalue weighted by Gasteiger charge is 2.15. The van der Waals surface area contributed by atoms with Gasteiger partial charge in [-0.15, -0.1) is 0 Å². The summed E-state index contributed by atoms with van der Waals surface area (Å²) in [6.45, 7) is 0. The molecule has 2 aromatic carbocycles. The van der Waals surface area contributed by atoms with Crippen LogP contribution in [0.25, 0.3) is 22.8 Å². The highest BCUT2D eigenvalue weighted by Crippen LogP contribution is 2.30. The van der Waals surface area contributed by atoms with Crippen LogP contribution < -0.4 is 0 Å². The van der Waals surface area contributed by atoms with Crippen LogP contribution in [0.2, 0.25) is 0 Å². The summed E-state index contributed by atoms with van der Waals surface area (Å²) in [5.41, 5.74) is 0.615. The van der Waals surface area contributed by atoms with Gasteiger partial charge in [0.25, 0.3) is 5.89 Å². The summed E-state index contributed by atoms with van der Waals surface area (Å²) in [7, 11) is 0. The van der Waals surface area contributed by atoms with Gasteiger partial charge in [-0.2, -0.15) is 4.98 Å². The smallest absolute Gasteiger partial charge is 0.262 e. The van der Waals surface area contributed by atoms with Gasteiger partial charge in [-0.25, -0.2) is 8.78 Å². The molecule has 1 N–H and O–H groups in total. The minimum Gasteiger partial charge on any atom is -0.507 e. The van der Waals surface area contributed by atoms with Gasteiger partial charge in [0.15, 0.2) is 0 Å². The van der Waals surface area contributed by atoms with E-state index >= 15 is 0 Å². The molecule has 0 amide bonds. The molecular weight excluding hydrogens is 346 g/mol. The third-order valence-electron chi connectivity index (χ3n) is 2.79. The minimum atomic E-state index is -0.535. The Morgan fingerprint density at radius 2 is 1.90 bits per heavy atom. The fourth-order valence-corrected chi connectivity index (χ4v) is 2.14. The zero-order valence-electron chi connectivity index (χ0n) is 10.3. The van der Waals surface area contributed by atoms with Crippen LogP contribution >= 0.6 is 15.9 Å². The number of aromatic nitrogens is 2. The lowest BCUT2D eigenvalue weighted by molar-refractivity contribution is 0.425. The number of halogens is 3. The van der Waals surface area contributed by atoms with Gasteiger partial charge in [-0.3, -0.25) is 0 Å². The highest BCUT2D eigenvalue weighted by molar-refractivity contribution is 9.10. The molecule has 0 bridgehead atoms. The summed E-state index contributed by atoms with van der Waals surface area (Å²) >= 11 is 3.07. The number of hydrogen-bond acceptors (Lipinski definition) is 4. The van der Waals surface area contributed by atoms with Crippen LogP contribution in [0.1, 0.15) is 0 Å². The molecule has 21 heavy (non-hydrogen) atoms. The van der Waals surface area contributed by atoms with Crippen molar-refractivity contribution >= 4 is 15.9 Å². The molecule has 0 atom stereocenters. The highest BCUT2D eigenvalue weighted by atomic mass is 79.9. The summed E-state index contributed by atoms with van der Waals surface area (Å²) in [6.07, 6.45) is 0. The van der Waals surface area contributed by atoms with E-state index < -0.39 is 11.6 Å². The second-order valence-electron chi connectivity index (χ2n) is 4.21. The minimum absolute atomic E-state index is 0.0255. The average molecular weight is 353 g/mol. The molecule has 0 fully saturated rings. The summed E-state index contributed by atoms with van der Waals surface area (Å²) in [6, 6.07) is 7.65. The van der Waals surface area contributed by atoms with Gasteiger partial charge >= 0.3 is 0 Å². The molecule has 7 heteroatoms. The third-order valence-corrected chi connectivity index (χ3v) is 3.40. The van der Waals surface area contributed by atoms with Crippen LogP contribution in [-0.4, -0.2) is 15.2 Å². The van der Waals surface area contributed by atoms with Crippen molar-refractivity contribution < 1.29 is 18.4 Å². The first kappa shape index (κ1) is 13.7. The Labute approximate surface area is 126 Å². The van der Waals surface area contributed by atoms with E-state index in [9.17, 15) is 13.9 Å². The van der Waals surface area contributed by atoms with Crippen molar-refractivity contribution in [2.45, 2.75) is 0 Å². The molecule has 0 aliphatic carbocycles. The van der Waals surface area contributed by atoms with Crippen molar-refractivity contribution in [3.8, 4) is 28.6 Å². The van der Waals surface area contributed by atoms with Crippen molar-refractivity contribution in [2.24, 2.45) is 0 Å². The summed E-state index contributed by atoms with van der Waals surface area (Å²) in [5.74, 6) is -0.944. The van der Waals surface area contributed by atoms with Crippen molar-refractivity contribution in [3.63, 3.8) is 0 Å². The van der Waals surface area contributed by atoms with E-state index in [2.05, 4.69) is 26.1 Å². The number of rotatable bonds is 2. The number of nitrogens with zero attached hydrogens (tertiary/aromatic N) is 2. The van der Waals surface area contributed by atoms with Gasteiger partial charge in [-0.05, 0) is 52.3 Å². The van der Waals surface area contributed by atoms with Crippen molar-refractivity contribution in [3.05, 3.63) is 52.5 Å². The first-order valence-electron chi connectivity index (χ1n) is 5.82. The summed E-state index contributed by atoms with van der Waals surface area (Å²) in [4.78, 5) is 4.08. The molecule has 4 nitrogen and oxygen atoms in total. The molecule has 0 aliphatic heterocycles. The molecule has 0 unspecified atom stereocenters. The van der Waals surface area contributed by atoms with Crippen molar-refractivity contribution in [2.75, 3.05) is 0 Å². The first-order valence-corrected chi connectivity index (χ1v) is 6.62. The van der Waals surface area contributed by atoms with Gasteiger partial charge in [0, 0.05) is 5.56 Å². The number of hydrogen-bond donors (Lipinski definition) is 1. The number of benzene rings is 2. The van der Waals surface area contributed by atoms with Crippen molar-refractivity contribution in [1.82, 2.24) is 10.1 Å². The molecule has 3 aromatic rings. The monoisotopic (exact) mass is 352 g/mol. The number of aromatic hydroxyl groups is 1. The van der Waals surface area contributed by atoms with E-state index in [-0.39, 0.29) is 27.5 Å². The Morgan fingerprint density at radius 1 is 1.10 bits per heavy atom. The van der Waals surface area contributed by atoms with E-state index in [1.807, 2.05) is 0 Å². The van der Waals surface area contributed by atoms with Crippen LogP contribution in [0.4, 0.5) is 8.78 Å². The molecule has 0 saturated carbocycles. The molecule has 0 radical (unpaired) electrons. The van der Waals surface area contributed by atoms with Crippen LogP contribution in [0.15, 0.2) is 45.4 Å². The van der Waals surface area contributed by atoms with Crippen LogP contribution in [0.5, 0.6) is 5.75 Å². The van der Waals surface area contributed by atoms with Crippen LogP contribution in [-0.2, 0) is 0 Å². The zero-order valence-corrected chi connectivity index (χ0v) is 11.9. The molecular formula is C14H7BrF2N2O2. The Morgan fingerprint density at radius 3 is 2.67 bits per heavy atom. The topological polar surface area (TPSA) is 59.2 Å². The molecule has 106 valence electrons. The molecule has 1 aromatic heterocycles. The third kappa shape index (κ3) is 2.64. The quantitative estimate of drug-likeness (QED) is 0.752. The van der Waals surface area contributed by atoms with E-state index in [1.54, 1.807) is 0 Å². The zero-order chi connectivity index (χ0) is 15.0. The predicted molar refractivity (Wildman–Crippen MR) is 74.5 cm³/mol. The van der Waals surface area contributed by atoms with Crippen LogP contribution in [0, 0.1) is 11.6 Å². The van der Waals surface area contributed by atoms with E-state index in [4.69, 9.17) is 4.52 Å². The first-order chi connectivity index (χ1) is 10.0. The molecule has 0 aliphatic rings. The SMILES string of the molecule is Oc1ccc(F)cc1-c1nc(-c2ccc(F)c(Br)c2)no1. The van der Waals surface area contributed by atoms with E-state index in [1.165, 1.54) is 24.3 Å². The fourth-order valence-electron chi connectivity index (χ4n) is 1.76. The van der Waals surface area contributed by atoms with Crippen molar-refractivity contribution in [1.29, 1.82) is 0 Å². The van der Waals surface area contributed by atoms with Gasteiger partial charge in [-0.1, -0.05) is 5.16 Å². The lowest BCUT2D eigenvalue weighted by atomic mass is 10.2. The Bertz CT molecular complexity index is 820. The number of phenolic OH excluding ortho intramolecular Hbond substituents is 1. The second-order valence-corrected chi connectivity index (χ2v) is 5.07. The lowest BCUT2D eigenvalue weighted by Gasteiger charge is -1.98. The molecule has 0 spiro atoms. The maximum atomic E-state index is 13.2. The molecule has 0 saturated heterocycles. The van der Waals surface area contributed by atoms with Gasteiger partial charge in [0.2, 0.25) is 5.82 Å².